The van der Waals surface area contributed by atoms with Crippen molar-refractivity contribution >= 4 is 28.9 Å². The van der Waals surface area contributed by atoms with E-state index in [9.17, 15) is 14.4 Å². The van der Waals surface area contributed by atoms with Crippen molar-refractivity contribution in [3.8, 4) is 11.6 Å². The Balaban J connectivity index is 1.54. The molecule has 0 unspecified atom stereocenters. The summed E-state index contributed by atoms with van der Waals surface area (Å²) in [4.78, 5) is 48.1. The van der Waals surface area contributed by atoms with Crippen LogP contribution in [0.5, 0.6) is 11.6 Å². The van der Waals surface area contributed by atoms with E-state index in [1.54, 1.807) is 32.0 Å². The average Bonchev–Trinajstić information content (AvgIpc) is 3.40. The molecule has 5 rings (SSSR count). The molecule has 3 N–H and O–H groups in total. The van der Waals surface area contributed by atoms with Crippen molar-refractivity contribution in [1.29, 1.82) is 0 Å². The lowest BCUT2D eigenvalue weighted by Crippen LogP contribution is -2.49. The van der Waals surface area contributed by atoms with Crippen LogP contribution in [0.2, 0.25) is 0 Å². The zero-order valence-electron chi connectivity index (χ0n) is 23.3. The van der Waals surface area contributed by atoms with Gasteiger partial charge in [-0.05, 0) is 44.7 Å². The predicted molar refractivity (Wildman–Crippen MR) is 142 cm³/mol. The minimum Gasteiger partial charge on any atom is -0.497 e. The number of alkyl halides is 2. The minimum absolute atomic E-state index is 0.0367. The van der Waals surface area contributed by atoms with Gasteiger partial charge in [-0.2, -0.15) is 8.78 Å². The number of ether oxygens (including phenoxy) is 3. The summed E-state index contributed by atoms with van der Waals surface area (Å²) in [7, 11) is 1.48. The highest BCUT2D eigenvalue weighted by molar-refractivity contribution is 5.90. The maximum atomic E-state index is 15.8. The van der Waals surface area contributed by atoms with Gasteiger partial charge in [-0.25, -0.2) is 14.8 Å². The van der Waals surface area contributed by atoms with Crippen molar-refractivity contribution in [3.63, 3.8) is 0 Å². The van der Waals surface area contributed by atoms with Crippen molar-refractivity contribution in [2.24, 2.45) is 17.6 Å². The highest BCUT2D eigenvalue weighted by atomic mass is 19.3. The number of aromatic nitrogens is 2. The Labute approximate surface area is 236 Å². The monoisotopic (exact) mass is 575 g/mol. The van der Waals surface area contributed by atoms with E-state index in [1.807, 2.05) is 0 Å². The van der Waals surface area contributed by atoms with Crippen LogP contribution in [0, 0.1) is 11.8 Å². The quantitative estimate of drug-likeness (QED) is 0.567. The van der Waals surface area contributed by atoms with E-state index in [4.69, 9.17) is 19.9 Å². The smallest absolute Gasteiger partial charge is 0.408 e. The number of benzene rings is 1. The first-order chi connectivity index (χ1) is 19.5. The molecule has 2 bridgehead atoms. The molecule has 1 aromatic heterocycles. The maximum absolute atomic E-state index is 15.8. The van der Waals surface area contributed by atoms with Gasteiger partial charge in [-0.1, -0.05) is 13.3 Å². The normalized spacial score (nSPS) is 30.1. The van der Waals surface area contributed by atoms with Gasteiger partial charge in [-0.3, -0.25) is 9.59 Å². The van der Waals surface area contributed by atoms with Gasteiger partial charge in [0.2, 0.25) is 17.7 Å². The Hall–Kier alpha value is -3.77. The van der Waals surface area contributed by atoms with Gasteiger partial charge in [0.15, 0.2) is 5.69 Å². The number of nitrogens with two attached hydrogens (primary N) is 1. The summed E-state index contributed by atoms with van der Waals surface area (Å²) < 4.78 is 48.5. The SMILES string of the molecule is CC[C@@H]1[C@@H]2CN(C(=O)CNC(=O)O[C@]3(C)C[C@H]3CCCCC(F)(F)c3nc4ccc(OC)cc4nc3O2)[C@@H]1C(N)=O. The lowest BCUT2D eigenvalue weighted by Gasteiger charge is -2.25. The highest BCUT2D eigenvalue weighted by Gasteiger charge is 2.54. The second kappa shape index (κ2) is 10.9. The number of nitrogens with one attached hydrogen (secondary N) is 1. The molecule has 13 heteroatoms. The summed E-state index contributed by atoms with van der Waals surface area (Å²) >= 11 is 0. The number of halogens is 2. The number of hydrogen-bond donors (Lipinski definition) is 2. The molecule has 3 amide bonds. The molecule has 2 aliphatic heterocycles. The number of methoxy groups -OCH3 is 1. The summed E-state index contributed by atoms with van der Waals surface area (Å²) in [5.74, 6) is -5.18. The topological polar surface area (TPSA) is 146 Å². The maximum Gasteiger partial charge on any atom is 0.408 e. The molecule has 1 aliphatic carbocycles. The van der Waals surface area contributed by atoms with E-state index >= 15 is 8.78 Å². The predicted octanol–water partition coefficient (Wildman–Crippen LogP) is 3.28. The first-order valence-electron chi connectivity index (χ1n) is 13.9. The number of rotatable bonds is 3. The van der Waals surface area contributed by atoms with E-state index in [1.165, 1.54) is 12.0 Å². The molecular formula is C28H35F2N5O6. The van der Waals surface area contributed by atoms with Crippen LogP contribution in [-0.4, -0.2) is 70.7 Å². The Bertz CT molecular complexity index is 1360. The second-order valence-corrected chi connectivity index (χ2v) is 11.3. The number of nitrogens with zero attached hydrogens (tertiary/aromatic N) is 3. The largest absolute Gasteiger partial charge is 0.497 e. The lowest BCUT2D eigenvalue weighted by molar-refractivity contribution is -0.137. The summed E-state index contributed by atoms with van der Waals surface area (Å²) in [6.07, 6.45) is 0.170. The fraction of sp³-hybridized carbons (Fsp3) is 0.607. The molecule has 5 atom stereocenters. The van der Waals surface area contributed by atoms with Crippen molar-refractivity contribution in [2.75, 3.05) is 20.2 Å². The van der Waals surface area contributed by atoms with E-state index < -0.39 is 66.2 Å². The fourth-order valence-corrected chi connectivity index (χ4v) is 6.03. The Morgan fingerprint density at radius 2 is 2.02 bits per heavy atom. The number of hydrogen-bond acceptors (Lipinski definition) is 8. The molecule has 3 heterocycles. The van der Waals surface area contributed by atoms with Gasteiger partial charge >= 0.3 is 6.09 Å². The third-order valence-electron chi connectivity index (χ3n) is 8.49. The van der Waals surface area contributed by atoms with E-state index in [2.05, 4.69) is 15.3 Å². The van der Waals surface area contributed by atoms with Crippen LogP contribution in [0.15, 0.2) is 18.2 Å². The summed E-state index contributed by atoms with van der Waals surface area (Å²) in [5.41, 5.74) is 4.93. The van der Waals surface area contributed by atoms with Crippen LogP contribution in [0.25, 0.3) is 11.0 Å². The average molecular weight is 576 g/mol. The number of amides is 3. The minimum atomic E-state index is -3.37. The van der Waals surface area contributed by atoms with Crippen molar-refractivity contribution in [2.45, 2.75) is 76.0 Å². The van der Waals surface area contributed by atoms with Crippen LogP contribution < -0.4 is 20.5 Å². The van der Waals surface area contributed by atoms with Gasteiger partial charge in [0.25, 0.3) is 5.92 Å². The van der Waals surface area contributed by atoms with Crippen LogP contribution in [0.3, 0.4) is 0 Å². The molecule has 0 spiro atoms. The van der Waals surface area contributed by atoms with Crippen molar-refractivity contribution in [1.82, 2.24) is 20.2 Å². The first-order valence-corrected chi connectivity index (χ1v) is 13.9. The van der Waals surface area contributed by atoms with Gasteiger partial charge in [-0.15, -0.1) is 0 Å². The molecule has 0 radical (unpaired) electrons. The molecule has 1 saturated carbocycles. The fourth-order valence-electron chi connectivity index (χ4n) is 6.03. The molecular weight excluding hydrogens is 540 g/mol. The standard InChI is InChI=1S/C28H35F2N5O6/c1-4-17-20-14-35(22(17)24(31)37)21(36)13-32-26(38)41-27(2)12-15(27)7-5-6-10-28(29,30)23-25(40-20)34-19-11-16(39-3)8-9-18(19)33-23/h8-9,11,15,17,20,22H,4-7,10,12-14H2,1-3H3,(H2,31,37)(H,32,38)/t15-,17-,20+,22+,27-/m1/s1. The molecule has 41 heavy (non-hydrogen) atoms. The van der Waals surface area contributed by atoms with Gasteiger partial charge in [0.1, 0.15) is 30.0 Å². The van der Waals surface area contributed by atoms with Crippen LogP contribution in [0.1, 0.15) is 58.1 Å². The summed E-state index contributed by atoms with van der Waals surface area (Å²) in [5, 5.41) is 2.47. The van der Waals surface area contributed by atoms with Crippen molar-refractivity contribution < 1.29 is 37.4 Å². The first kappa shape index (κ1) is 28.7. The zero-order valence-corrected chi connectivity index (χ0v) is 23.3. The van der Waals surface area contributed by atoms with Crippen LogP contribution in [0.4, 0.5) is 13.6 Å². The number of carbonyl (C=O) groups is 3. The molecule has 3 aliphatic rings. The molecule has 2 fully saturated rings. The van der Waals surface area contributed by atoms with Gasteiger partial charge in [0, 0.05) is 24.3 Å². The van der Waals surface area contributed by atoms with E-state index in [0.29, 0.717) is 36.9 Å². The van der Waals surface area contributed by atoms with E-state index in [-0.39, 0.29) is 30.3 Å². The Morgan fingerprint density at radius 1 is 1.24 bits per heavy atom. The molecule has 222 valence electrons. The Morgan fingerprint density at radius 3 is 2.73 bits per heavy atom. The van der Waals surface area contributed by atoms with Crippen molar-refractivity contribution in [3.05, 3.63) is 23.9 Å². The number of alkyl carbamates (subject to hydrolysis) is 1. The summed E-state index contributed by atoms with van der Waals surface area (Å²) in [6, 6.07) is 3.67. The second-order valence-electron chi connectivity index (χ2n) is 11.3. The van der Waals surface area contributed by atoms with E-state index in [0.717, 1.165) is 0 Å². The Kier molecular flexibility index (Phi) is 7.64. The molecule has 1 aromatic carbocycles. The van der Waals surface area contributed by atoms with Gasteiger partial charge < -0.3 is 30.2 Å². The van der Waals surface area contributed by atoms with Gasteiger partial charge in [0.05, 0.1) is 24.7 Å². The number of primary amides is 1. The highest BCUT2D eigenvalue weighted by Crippen LogP contribution is 2.50. The van der Waals surface area contributed by atoms with Crippen LogP contribution >= 0.6 is 0 Å². The van der Waals surface area contributed by atoms with Crippen LogP contribution in [-0.2, 0) is 20.2 Å². The molecule has 11 nitrogen and oxygen atoms in total. The number of fused-ring (bicyclic) bond motifs is 5. The number of carbonyl (C=O) groups excluding carboxylic acids is 3. The summed E-state index contributed by atoms with van der Waals surface area (Å²) in [6.45, 7) is 3.03. The lowest BCUT2D eigenvalue weighted by atomic mass is 9.94. The molecule has 1 saturated heterocycles. The zero-order chi connectivity index (χ0) is 29.5. The molecule has 2 aromatic rings. The third kappa shape index (κ3) is 5.71. The third-order valence-corrected chi connectivity index (χ3v) is 8.49.